The highest BCUT2D eigenvalue weighted by Gasteiger charge is 2.10. The first-order valence-corrected chi connectivity index (χ1v) is 11.2. The van der Waals surface area contributed by atoms with Crippen LogP contribution in [0.2, 0.25) is 0 Å². The Labute approximate surface area is 205 Å². The van der Waals surface area contributed by atoms with E-state index in [1.165, 1.54) is 0 Å². The van der Waals surface area contributed by atoms with Crippen molar-refractivity contribution in [1.82, 2.24) is 35.3 Å². The van der Waals surface area contributed by atoms with Crippen LogP contribution in [0, 0.1) is 6.92 Å². The Morgan fingerprint density at radius 3 is 2.68 bits per heavy atom. The maximum Gasteiger partial charge on any atom is 0.192 e. The van der Waals surface area contributed by atoms with Crippen molar-refractivity contribution < 1.29 is 4.74 Å². The van der Waals surface area contributed by atoms with Crippen LogP contribution in [0.3, 0.4) is 0 Å². The molecule has 2 N–H and O–H groups in total. The number of ether oxygens (including phenoxy) is 1. The number of thiazole rings is 1. The summed E-state index contributed by atoms with van der Waals surface area (Å²) in [6.07, 6.45) is 1.05. The van der Waals surface area contributed by atoms with Gasteiger partial charge in [-0.15, -0.1) is 45.5 Å². The van der Waals surface area contributed by atoms with Crippen molar-refractivity contribution in [3.63, 3.8) is 0 Å². The third-order valence-corrected chi connectivity index (χ3v) is 6.02. The summed E-state index contributed by atoms with van der Waals surface area (Å²) in [6.45, 7) is 8.65. The zero-order valence-corrected chi connectivity index (χ0v) is 21.9. The lowest BCUT2D eigenvalue weighted by molar-refractivity contribution is 0.0376. The molecule has 1 aliphatic rings. The van der Waals surface area contributed by atoms with Gasteiger partial charge in [0.1, 0.15) is 5.82 Å². The molecule has 0 aromatic carbocycles. The number of anilines is 1. The van der Waals surface area contributed by atoms with Gasteiger partial charge in [0, 0.05) is 46.2 Å². The van der Waals surface area contributed by atoms with Gasteiger partial charge in [0.05, 0.1) is 32.0 Å². The van der Waals surface area contributed by atoms with Crippen LogP contribution in [-0.2, 0) is 24.9 Å². The number of aliphatic imine (C=N–C) groups is 1. The van der Waals surface area contributed by atoms with E-state index in [-0.39, 0.29) is 24.0 Å². The van der Waals surface area contributed by atoms with Gasteiger partial charge in [-0.2, -0.15) is 0 Å². The summed E-state index contributed by atoms with van der Waals surface area (Å²) in [4.78, 5) is 13.8. The Morgan fingerprint density at radius 1 is 1.26 bits per heavy atom. The Hall–Kier alpha value is -1.51. The van der Waals surface area contributed by atoms with Gasteiger partial charge in [-0.05, 0) is 19.9 Å². The van der Waals surface area contributed by atoms with Gasteiger partial charge in [0.25, 0.3) is 0 Å². The average Bonchev–Trinajstić information content (AvgIpc) is 3.35. The molecular weight excluding hydrogens is 529 g/mol. The molecule has 2 aromatic rings. The van der Waals surface area contributed by atoms with Crippen molar-refractivity contribution in [2.75, 3.05) is 58.4 Å². The van der Waals surface area contributed by atoms with Crippen molar-refractivity contribution in [2.45, 2.75) is 26.4 Å². The van der Waals surface area contributed by atoms with Gasteiger partial charge in [-0.25, -0.2) is 9.98 Å². The van der Waals surface area contributed by atoms with E-state index in [0.29, 0.717) is 13.1 Å². The average molecular weight is 564 g/mol. The summed E-state index contributed by atoms with van der Waals surface area (Å²) < 4.78 is 7.39. The minimum Gasteiger partial charge on any atom is -0.379 e. The molecule has 3 heterocycles. The number of halogens is 1. The van der Waals surface area contributed by atoms with E-state index in [0.717, 1.165) is 74.2 Å². The summed E-state index contributed by atoms with van der Waals surface area (Å²) in [5.41, 5.74) is 0.965. The lowest BCUT2D eigenvalue weighted by Crippen LogP contribution is -2.40. The highest BCUT2D eigenvalue weighted by Crippen LogP contribution is 2.18. The van der Waals surface area contributed by atoms with Crippen molar-refractivity contribution in [3.8, 4) is 0 Å². The van der Waals surface area contributed by atoms with Crippen LogP contribution in [0.1, 0.15) is 23.8 Å². The van der Waals surface area contributed by atoms with E-state index >= 15 is 0 Å². The number of rotatable bonds is 9. The van der Waals surface area contributed by atoms with Gasteiger partial charge < -0.3 is 24.8 Å². The minimum absolute atomic E-state index is 0. The number of nitrogens with zero attached hydrogens (tertiary/aromatic N) is 7. The number of aromatic nitrogens is 4. The first kappa shape index (κ1) is 25.7. The molecule has 12 heteroatoms. The van der Waals surface area contributed by atoms with E-state index < -0.39 is 0 Å². The van der Waals surface area contributed by atoms with Gasteiger partial charge in [0.15, 0.2) is 16.9 Å². The lowest BCUT2D eigenvalue weighted by Gasteiger charge is -2.26. The zero-order valence-electron chi connectivity index (χ0n) is 18.8. The van der Waals surface area contributed by atoms with Crippen LogP contribution >= 0.6 is 35.3 Å². The van der Waals surface area contributed by atoms with Crippen molar-refractivity contribution >= 4 is 46.4 Å². The SMILES string of the molecule is Cc1nnc(CNC(=NCc2csc(N(C)C)n2)NCCCN2CCOCC2)n1C.I. The molecule has 1 saturated heterocycles. The number of hydrogen-bond acceptors (Lipinski definition) is 8. The van der Waals surface area contributed by atoms with Crippen molar-refractivity contribution in [3.05, 3.63) is 22.7 Å². The first-order chi connectivity index (χ1) is 14.5. The fraction of sp³-hybridized carbons (Fsp3) is 0.684. The highest BCUT2D eigenvalue weighted by atomic mass is 127. The van der Waals surface area contributed by atoms with Crippen molar-refractivity contribution in [1.29, 1.82) is 0 Å². The molecule has 174 valence electrons. The summed E-state index contributed by atoms with van der Waals surface area (Å²) in [7, 11) is 5.96. The predicted molar refractivity (Wildman–Crippen MR) is 135 cm³/mol. The number of morpholine rings is 1. The number of hydrogen-bond donors (Lipinski definition) is 2. The van der Waals surface area contributed by atoms with E-state index in [2.05, 4.69) is 36.1 Å². The second-order valence-electron chi connectivity index (χ2n) is 7.49. The van der Waals surface area contributed by atoms with Crippen LogP contribution in [0.15, 0.2) is 10.4 Å². The standard InChI is InChI=1S/C19H33N9OS.HI/c1-15-24-25-17(27(15)4)13-22-18(20-6-5-7-28-8-10-29-11-9-28)21-12-16-14-30-19(23-16)26(2)3;/h14H,5-13H2,1-4H3,(H2,20,21,22);1H. The topological polar surface area (TPSA) is 95.7 Å². The first-order valence-electron chi connectivity index (χ1n) is 10.3. The summed E-state index contributed by atoms with van der Waals surface area (Å²) >= 11 is 1.63. The molecule has 0 saturated carbocycles. The van der Waals surface area contributed by atoms with E-state index in [1.54, 1.807) is 11.3 Å². The van der Waals surface area contributed by atoms with Crippen LogP contribution < -0.4 is 15.5 Å². The van der Waals surface area contributed by atoms with Gasteiger partial charge >= 0.3 is 0 Å². The van der Waals surface area contributed by atoms with Gasteiger partial charge in [-0.3, -0.25) is 4.90 Å². The number of guanidine groups is 1. The Bertz CT molecular complexity index is 817. The van der Waals surface area contributed by atoms with Gasteiger partial charge in [-0.1, -0.05) is 0 Å². The molecule has 31 heavy (non-hydrogen) atoms. The molecule has 0 radical (unpaired) electrons. The maximum absolute atomic E-state index is 5.41. The highest BCUT2D eigenvalue weighted by molar-refractivity contribution is 14.0. The smallest absolute Gasteiger partial charge is 0.192 e. The van der Waals surface area contributed by atoms with Crippen LogP contribution in [0.25, 0.3) is 0 Å². The minimum atomic E-state index is 0. The fourth-order valence-electron chi connectivity index (χ4n) is 3.01. The van der Waals surface area contributed by atoms with E-state index in [9.17, 15) is 0 Å². The molecule has 0 unspecified atom stereocenters. The maximum atomic E-state index is 5.41. The molecule has 10 nitrogen and oxygen atoms in total. The third kappa shape index (κ3) is 8.16. The fourth-order valence-corrected chi connectivity index (χ4v) is 3.76. The molecule has 0 amide bonds. The molecule has 0 atom stereocenters. The monoisotopic (exact) mass is 563 g/mol. The molecule has 1 fully saturated rings. The van der Waals surface area contributed by atoms with Crippen molar-refractivity contribution in [2.24, 2.45) is 12.0 Å². The van der Waals surface area contributed by atoms with Crippen LogP contribution in [0.4, 0.5) is 5.13 Å². The summed E-state index contributed by atoms with van der Waals surface area (Å²) in [5, 5.41) is 18.2. The third-order valence-electron chi connectivity index (χ3n) is 4.97. The normalized spacial score (nSPS) is 14.9. The van der Waals surface area contributed by atoms with Gasteiger partial charge in [0.2, 0.25) is 0 Å². The summed E-state index contributed by atoms with van der Waals surface area (Å²) in [6, 6.07) is 0. The Morgan fingerprint density at radius 2 is 2.03 bits per heavy atom. The molecule has 0 aliphatic carbocycles. The second kappa shape index (κ2) is 13.1. The predicted octanol–water partition coefficient (Wildman–Crippen LogP) is 1.22. The van der Waals surface area contributed by atoms with Crippen LogP contribution in [0.5, 0.6) is 0 Å². The Balaban J connectivity index is 0.00000341. The molecule has 0 spiro atoms. The molecule has 2 aromatic heterocycles. The van der Waals surface area contributed by atoms with E-state index in [4.69, 9.17) is 9.73 Å². The number of aryl methyl sites for hydroxylation is 1. The Kier molecular flexibility index (Phi) is 10.9. The molecule has 3 rings (SSSR count). The largest absolute Gasteiger partial charge is 0.379 e. The zero-order chi connectivity index (χ0) is 21.3. The summed E-state index contributed by atoms with van der Waals surface area (Å²) in [5.74, 6) is 2.53. The quantitative estimate of drug-likeness (QED) is 0.204. The number of nitrogens with one attached hydrogen (secondary N) is 2. The molecular formula is C19H34IN9OS. The lowest BCUT2D eigenvalue weighted by atomic mass is 10.3. The van der Waals surface area contributed by atoms with E-state index in [1.807, 2.05) is 37.5 Å². The second-order valence-corrected chi connectivity index (χ2v) is 8.33. The van der Waals surface area contributed by atoms with Crippen LogP contribution in [-0.4, -0.2) is 84.1 Å². The molecule has 1 aliphatic heterocycles. The molecule has 0 bridgehead atoms.